The van der Waals surface area contributed by atoms with Gasteiger partial charge in [0.25, 0.3) is 0 Å². The van der Waals surface area contributed by atoms with E-state index < -0.39 is 6.04 Å². The Morgan fingerprint density at radius 2 is 1.84 bits per heavy atom. The lowest BCUT2D eigenvalue weighted by Crippen LogP contribution is -2.47. The average Bonchev–Trinajstić information content (AvgIpc) is 3.01. The van der Waals surface area contributed by atoms with Gasteiger partial charge in [0.15, 0.2) is 0 Å². The van der Waals surface area contributed by atoms with Crippen molar-refractivity contribution in [3.8, 4) is 11.3 Å². The van der Waals surface area contributed by atoms with E-state index >= 15 is 0 Å². The van der Waals surface area contributed by atoms with E-state index in [4.69, 9.17) is 0 Å². The maximum absolute atomic E-state index is 12.1. The van der Waals surface area contributed by atoms with Crippen molar-refractivity contribution < 1.29 is 9.59 Å². The van der Waals surface area contributed by atoms with E-state index in [0.29, 0.717) is 0 Å². The topological polar surface area (TPSA) is 71.1 Å². The predicted octanol–water partition coefficient (Wildman–Crippen LogP) is 3.08. The molecule has 0 bridgehead atoms. The molecule has 25 heavy (non-hydrogen) atoms. The van der Waals surface area contributed by atoms with Crippen molar-refractivity contribution in [3.05, 3.63) is 40.2 Å². The molecule has 0 aliphatic carbocycles. The molecule has 2 amide bonds. The first-order chi connectivity index (χ1) is 11.9. The number of amides is 2. The molecule has 0 saturated carbocycles. The number of aryl methyl sites for hydroxylation is 1. The van der Waals surface area contributed by atoms with Crippen molar-refractivity contribution >= 4 is 23.2 Å². The lowest BCUT2D eigenvalue weighted by atomic mass is 10.1. The van der Waals surface area contributed by atoms with Gasteiger partial charge in [-0.3, -0.25) is 9.59 Å². The minimum Gasteiger partial charge on any atom is -0.352 e. The number of hydrogen-bond donors (Lipinski definition) is 2. The zero-order valence-electron chi connectivity index (χ0n) is 15.1. The van der Waals surface area contributed by atoms with Crippen LogP contribution in [0.15, 0.2) is 29.6 Å². The second-order valence-corrected chi connectivity index (χ2v) is 7.29. The molecule has 0 fully saturated rings. The number of carbonyl (C=O) groups excluding carboxylic acids is 2. The van der Waals surface area contributed by atoms with Crippen LogP contribution in [-0.2, 0) is 16.0 Å². The van der Waals surface area contributed by atoms with Crippen LogP contribution in [0.4, 0.5) is 0 Å². The Labute approximate surface area is 152 Å². The quantitative estimate of drug-likeness (QED) is 0.798. The minimum absolute atomic E-state index is 0.105. The fraction of sp³-hybridized carbons (Fsp3) is 0.421. The lowest BCUT2D eigenvalue weighted by molar-refractivity contribution is -0.128. The van der Waals surface area contributed by atoms with Crippen molar-refractivity contribution in [2.45, 2.75) is 52.6 Å². The number of carbonyl (C=O) groups is 2. The zero-order chi connectivity index (χ0) is 18.4. The number of aromatic nitrogens is 1. The first kappa shape index (κ1) is 19.1. The SMILES string of the molecule is CCC(C)NC(=O)C(C)NC(=O)Cc1ccc(-c2csc(C)n2)cc1. The fourth-order valence-corrected chi connectivity index (χ4v) is 2.92. The van der Waals surface area contributed by atoms with Crippen molar-refractivity contribution in [1.29, 1.82) is 0 Å². The molecule has 0 spiro atoms. The summed E-state index contributed by atoms with van der Waals surface area (Å²) >= 11 is 1.62. The Morgan fingerprint density at radius 3 is 2.40 bits per heavy atom. The van der Waals surface area contributed by atoms with E-state index in [0.717, 1.165) is 28.2 Å². The molecule has 2 N–H and O–H groups in total. The molecule has 0 saturated heterocycles. The fourth-order valence-electron chi connectivity index (χ4n) is 2.30. The highest BCUT2D eigenvalue weighted by atomic mass is 32.1. The van der Waals surface area contributed by atoms with Crippen LogP contribution in [0.1, 0.15) is 37.8 Å². The Kier molecular flexibility index (Phi) is 6.70. The van der Waals surface area contributed by atoms with Crippen LogP contribution in [0.3, 0.4) is 0 Å². The first-order valence-electron chi connectivity index (χ1n) is 8.50. The number of nitrogens with zero attached hydrogens (tertiary/aromatic N) is 1. The molecule has 1 heterocycles. The number of rotatable bonds is 7. The number of thiazole rings is 1. The maximum Gasteiger partial charge on any atom is 0.242 e. The molecule has 1 aromatic heterocycles. The second kappa shape index (κ2) is 8.76. The van der Waals surface area contributed by atoms with Gasteiger partial charge in [-0.15, -0.1) is 11.3 Å². The van der Waals surface area contributed by atoms with Gasteiger partial charge in [-0.05, 0) is 32.8 Å². The highest BCUT2D eigenvalue weighted by Crippen LogP contribution is 2.21. The second-order valence-electron chi connectivity index (χ2n) is 6.23. The van der Waals surface area contributed by atoms with E-state index in [1.165, 1.54) is 0 Å². The van der Waals surface area contributed by atoms with E-state index in [1.54, 1.807) is 18.3 Å². The molecule has 0 aliphatic rings. The molecule has 134 valence electrons. The maximum atomic E-state index is 12.1. The van der Waals surface area contributed by atoms with Gasteiger partial charge in [0.1, 0.15) is 6.04 Å². The van der Waals surface area contributed by atoms with Crippen molar-refractivity contribution in [2.24, 2.45) is 0 Å². The summed E-state index contributed by atoms with van der Waals surface area (Å²) in [6, 6.07) is 7.35. The van der Waals surface area contributed by atoms with Gasteiger partial charge in [-0.25, -0.2) is 4.98 Å². The van der Waals surface area contributed by atoms with Gasteiger partial charge in [-0.2, -0.15) is 0 Å². The number of nitrogens with one attached hydrogen (secondary N) is 2. The lowest BCUT2D eigenvalue weighted by Gasteiger charge is -2.17. The molecule has 0 aliphatic heterocycles. The summed E-state index contributed by atoms with van der Waals surface area (Å²) in [4.78, 5) is 28.6. The van der Waals surface area contributed by atoms with Crippen LogP contribution >= 0.6 is 11.3 Å². The predicted molar refractivity (Wildman–Crippen MR) is 101 cm³/mol. The molecule has 2 rings (SSSR count). The van der Waals surface area contributed by atoms with Gasteiger partial charge >= 0.3 is 0 Å². The van der Waals surface area contributed by atoms with E-state index in [2.05, 4.69) is 15.6 Å². The summed E-state index contributed by atoms with van der Waals surface area (Å²) in [7, 11) is 0. The summed E-state index contributed by atoms with van der Waals surface area (Å²) in [5.74, 6) is -0.319. The van der Waals surface area contributed by atoms with E-state index in [1.807, 2.05) is 50.4 Å². The molecule has 6 heteroatoms. The number of hydrogen-bond acceptors (Lipinski definition) is 4. The van der Waals surface area contributed by atoms with Crippen LogP contribution in [0.25, 0.3) is 11.3 Å². The zero-order valence-corrected chi connectivity index (χ0v) is 15.9. The Balaban J connectivity index is 1.89. The smallest absolute Gasteiger partial charge is 0.242 e. The molecule has 5 nitrogen and oxygen atoms in total. The largest absolute Gasteiger partial charge is 0.352 e. The van der Waals surface area contributed by atoms with Crippen molar-refractivity contribution in [3.63, 3.8) is 0 Å². The summed E-state index contributed by atoms with van der Waals surface area (Å²) in [6.07, 6.45) is 1.11. The third-order valence-electron chi connectivity index (χ3n) is 4.01. The molecule has 2 aromatic rings. The molecule has 0 radical (unpaired) electrons. The molecule has 2 atom stereocenters. The summed E-state index contributed by atoms with van der Waals surface area (Å²) in [5, 5.41) is 8.67. The third-order valence-corrected chi connectivity index (χ3v) is 4.78. The van der Waals surface area contributed by atoms with Crippen LogP contribution in [0.2, 0.25) is 0 Å². The van der Waals surface area contributed by atoms with Gasteiger partial charge in [0.2, 0.25) is 11.8 Å². The first-order valence-corrected chi connectivity index (χ1v) is 9.38. The van der Waals surface area contributed by atoms with E-state index in [9.17, 15) is 9.59 Å². The number of benzene rings is 1. The summed E-state index contributed by atoms with van der Waals surface area (Å²) < 4.78 is 0. The van der Waals surface area contributed by atoms with Crippen LogP contribution in [0, 0.1) is 6.92 Å². The van der Waals surface area contributed by atoms with Crippen molar-refractivity contribution in [2.75, 3.05) is 0 Å². The van der Waals surface area contributed by atoms with Gasteiger partial charge in [0.05, 0.1) is 17.1 Å². The van der Waals surface area contributed by atoms with E-state index in [-0.39, 0.29) is 24.3 Å². The molecular weight excluding hydrogens is 334 g/mol. The highest BCUT2D eigenvalue weighted by molar-refractivity contribution is 7.09. The molecular formula is C19H25N3O2S. The Morgan fingerprint density at radius 1 is 1.16 bits per heavy atom. The van der Waals surface area contributed by atoms with Gasteiger partial charge in [-0.1, -0.05) is 31.2 Å². The Hall–Kier alpha value is -2.21. The van der Waals surface area contributed by atoms with Gasteiger partial charge in [0, 0.05) is 17.0 Å². The highest BCUT2D eigenvalue weighted by Gasteiger charge is 2.17. The average molecular weight is 359 g/mol. The van der Waals surface area contributed by atoms with Crippen molar-refractivity contribution in [1.82, 2.24) is 15.6 Å². The van der Waals surface area contributed by atoms with Gasteiger partial charge < -0.3 is 10.6 Å². The summed E-state index contributed by atoms with van der Waals surface area (Å²) in [5.41, 5.74) is 2.89. The monoisotopic (exact) mass is 359 g/mol. The normalized spacial score (nSPS) is 13.1. The summed E-state index contributed by atoms with van der Waals surface area (Å²) in [6.45, 7) is 7.62. The van der Waals surface area contributed by atoms with Crippen LogP contribution in [-0.4, -0.2) is 28.9 Å². The standard InChI is InChI=1S/C19H25N3O2S/c1-5-12(2)20-19(24)13(3)21-18(23)10-15-6-8-16(9-7-15)17-11-25-14(4)22-17/h6-9,11-13H,5,10H2,1-4H3,(H,20,24)(H,21,23). The molecule has 1 aromatic carbocycles. The Bertz CT molecular complexity index is 725. The van der Waals surface area contributed by atoms with Crippen LogP contribution in [0.5, 0.6) is 0 Å². The van der Waals surface area contributed by atoms with Crippen LogP contribution < -0.4 is 10.6 Å². The molecule has 2 unspecified atom stereocenters. The minimum atomic E-state index is -0.543. The third kappa shape index (κ3) is 5.67.